The minimum Gasteiger partial charge on any atom is -0.376 e. The van der Waals surface area contributed by atoms with E-state index in [1.807, 2.05) is 0 Å². The largest absolute Gasteiger partial charge is 0.376 e. The Balaban J connectivity index is 1.23. The van der Waals surface area contributed by atoms with Crippen molar-refractivity contribution in [1.82, 2.24) is 4.57 Å². The van der Waals surface area contributed by atoms with E-state index < -0.39 is 0 Å². The third-order valence-electron chi connectivity index (χ3n) is 15.3. The van der Waals surface area contributed by atoms with Gasteiger partial charge in [-0.25, -0.2) is 0 Å². The fourth-order valence-electron chi connectivity index (χ4n) is 12.1. The summed E-state index contributed by atoms with van der Waals surface area (Å²) in [6.45, 7) is 14.4. The number of hydrogen-bond acceptors (Lipinski definition) is 1. The zero-order valence-electron chi connectivity index (χ0n) is 37.6. The van der Waals surface area contributed by atoms with Crippen LogP contribution < -0.4 is 15.7 Å². The van der Waals surface area contributed by atoms with Crippen molar-refractivity contribution in [2.24, 2.45) is 0 Å². The van der Waals surface area contributed by atoms with Crippen molar-refractivity contribution in [3.05, 3.63) is 185 Å². The van der Waals surface area contributed by atoms with Gasteiger partial charge >= 0.3 is 6.85 Å². The SMILES string of the molecule is CCCCc1ccc2c(c1)c1cc(CCCC)cc3c1n2-c1c2c(cc4ccccc14)-c1cc4c(cc1N(c1ccc(-c5ccccc5)cc1)B23)C(C)(C)c1ccccc1C4(C)C. The van der Waals surface area contributed by atoms with E-state index in [1.54, 1.807) is 0 Å². The Hall–Kier alpha value is -6.32. The summed E-state index contributed by atoms with van der Waals surface area (Å²) in [5, 5.41) is 5.37. The second-order valence-corrected chi connectivity index (χ2v) is 19.8. The average molecular weight is 815 g/mol. The van der Waals surface area contributed by atoms with Crippen LogP contribution in [0.5, 0.6) is 0 Å². The van der Waals surface area contributed by atoms with Crippen LogP contribution in [0.15, 0.2) is 152 Å². The Morgan fingerprint density at radius 2 is 1.14 bits per heavy atom. The van der Waals surface area contributed by atoms with Crippen LogP contribution in [0, 0.1) is 0 Å². The molecule has 3 aliphatic rings. The van der Waals surface area contributed by atoms with Gasteiger partial charge in [0.05, 0.1) is 16.7 Å². The summed E-state index contributed by atoms with van der Waals surface area (Å²) in [4.78, 5) is 2.75. The first-order valence-electron chi connectivity index (χ1n) is 23.6. The molecule has 8 aromatic carbocycles. The van der Waals surface area contributed by atoms with Crippen molar-refractivity contribution in [1.29, 1.82) is 0 Å². The molecule has 2 aliphatic heterocycles. The number of rotatable bonds is 8. The Labute approximate surface area is 373 Å². The minimum atomic E-state index is -0.185. The van der Waals surface area contributed by atoms with Crippen molar-refractivity contribution in [3.63, 3.8) is 0 Å². The van der Waals surface area contributed by atoms with E-state index in [1.165, 1.54) is 142 Å². The van der Waals surface area contributed by atoms with Crippen LogP contribution in [-0.4, -0.2) is 11.4 Å². The lowest BCUT2D eigenvalue weighted by molar-refractivity contribution is 0.521. The zero-order chi connectivity index (χ0) is 42.8. The molecule has 1 aromatic heterocycles. The molecule has 0 spiro atoms. The third-order valence-corrected chi connectivity index (χ3v) is 15.3. The molecule has 308 valence electrons. The van der Waals surface area contributed by atoms with Gasteiger partial charge in [-0.1, -0.05) is 158 Å². The molecule has 0 N–H and O–H groups in total. The predicted molar refractivity (Wildman–Crippen MR) is 271 cm³/mol. The van der Waals surface area contributed by atoms with Crippen LogP contribution in [-0.2, 0) is 23.7 Å². The molecular formula is C60H55BN2. The normalized spacial score (nSPS) is 15.1. The fourth-order valence-corrected chi connectivity index (χ4v) is 12.1. The topological polar surface area (TPSA) is 8.17 Å². The quantitative estimate of drug-likeness (QED) is 0.139. The van der Waals surface area contributed by atoms with Gasteiger partial charge in [-0.15, -0.1) is 0 Å². The number of anilines is 2. The highest BCUT2D eigenvalue weighted by molar-refractivity contribution is 6.94. The molecule has 0 amide bonds. The second kappa shape index (κ2) is 14.1. The molecule has 63 heavy (non-hydrogen) atoms. The van der Waals surface area contributed by atoms with Gasteiger partial charge in [0.25, 0.3) is 0 Å². The molecule has 0 fully saturated rings. The van der Waals surface area contributed by atoms with E-state index in [4.69, 9.17) is 0 Å². The van der Waals surface area contributed by atoms with E-state index in [9.17, 15) is 0 Å². The van der Waals surface area contributed by atoms with Gasteiger partial charge in [-0.2, -0.15) is 0 Å². The highest BCUT2D eigenvalue weighted by Gasteiger charge is 2.48. The second-order valence-electron chi connectivity index (χ2n) is 19.8. The predicted octanol–water partition coefficient (Wildman–Crippen LogP) is 14.5. The number of aryl methyl sites for hydroxylation is 2. The minimum absolute atomic E-state index is 0.0415. The number of nitrogens with zero attached hydrogens (tertiary/aromatic N) is 2. The van der Waals surface area contributed by atoms with Gasteiger partial charge in [-0.3, -0.25) is 0 Å². The summed E-state index contributed by atoms with van der Waals surface area (Å²) in [7, 11) is 0. The molecule has 0 radical (unpaired) electrons. The lowest BCUT2D eigenvalue weighted by atomic mass is 9.43. The van der Waals surface area contributed by atoms with Crippen LogP contribution in [0.3, 0.4) is 0 Å². The maximum Gasteiger partial charge on any atom is 0.333 e. The lowest BCUT2D eigenvalue weighted by Crippen LogP contribution is -2.61. The number of unbranched alkanes of at least 4 members (excludes halogenated alkanes) is 2. The third kappa shape index (κ3) is 5.51. The van der Waals surface area contributed by atoms with Crippen LogP contribution in [0.2, 0.25) is 0 Å². The number of aromatic nitrogens is 1. The first kappa shape index (κ1) is 38.4. The van der Waals surface area contributed by atoms with Crippen molar-refractivity contribution >= 4 is 61.7 Å². The number of hydrogen-bond donors (Lipinski definition) is 0. The van der Waals surface area contributed by atoms with Gasteiger partial charge in [0, 0.05) is 43.9 Å². The standard InChI is InChI=1S/C60H55BN2/c1-7-9-18-38-26-31-54-45(32-38)48-33-39(19-10-8-2)34-53-57(48)62(54)58-44-23-15-14-22-42(44)35-47-46-36-51-52(60(5,6)50-25-17-16-24-49(50)59(51,3)4)37-55(46)63(61(53)56(47)58)43-29-27-41(28-30-43)40-20-12-11-13-21-40/h11-17,20-37H,7-10,18-19H2,1-6H3. The Bertz CT molecular complexity index is 3310. The van der Waals surface area contributed by atoms with Gasteiger partial charge in [0.15, 0.2) is 0 Å². The first-order chi connectivity index (χ1) is 30.7. The fraction of sp³-hybridized carbons (Fsp3) is 0.233. The van der Waals surface area contributed by atoms with Crippen molar-refractivity contribution < 1.29 is 0 Å². The summed E-state index contributed by atoms with van der Waals surface area (Å²) in [6, 6.07) is 59.0. The molecule has 0 saturated carbocycles. The Morgan fingerprint density at radius 1 is 0.508 bits per heavy atom. The molecule has 0 saturated heterocycles. The van der Waals surface area contributed by atoms with Crippen molar-refractivity contribution in [2.45, 2.75) is 90.9 Å². The van der Waals surface area contributed by atoms with Crippen LogP contribution in [0.1, 0.15) is 101 Å². The lowest BCUT2D eigenvalue weighted by Gasteiger charge is -2.47. The summed E-state index contributed by atoms with van der Waals surface area (Å²) < 4.78 is 2.69. The molecule has 12 rings (SSSR count). The van der Waals surface area contributed by atoms with E-state index in [2.05, 4.69) is 203 Å². The molecule has 3 heterocycles. The summed E-state index contributed by atoms with van der Waals surface area (Å²) in [6.07, 6.45) is 6.93. The van der Waals surface area contributed by atoms with E-state index in [0.717, 1.165) is 12.8 Å². The molecular weight excluding hydrogens is 759 g/mol. The zero-order valence-corrected chi connectivity index (χ0v) is 37.6. The highest BCUT2D eigenvalue weighted by atomic mass is 15.1. The van der Waals surface area contributed by atoms with E-state index >= 15 is 0 Å². The van der Waals surface area contributed by atoms with Gasteiger partial charge in [0.2, 0.25) is 0 Å². The molecule has 3 heteroatoms. The monoisotopic (exact) mass is 814 g/mol. The van der Waals surface area contributed by atoms with Crippen molar-refractivity contribution in [2.75, 3.05) is 4.81 Å². The van der Waals surface area contributed by atoms with Crippen LogP contribution >= 0.6 is 0 Å². The maximum atomic E-state index is 2.75. The van der Waals surface area contributed by atoms with Crippen LogP contribution in [0.25, 0.3) is 60.5 Å². The van der Waals surface area contributed by atoms with Gasteiger partial charge in [-0.05, 0) is 141 Å². The van der Waals surface area contributed by atoms with Crippen LogP contribution in [0.4, 0.5) is 11.4 Å². The van der Waals surface area contributed by atoms with E-state index in [0.29, 0.717) is 0 Å². The number of fused-ring (bicyclic) bond motifs is 11. The van der Waals surface area contributed by atoms with Gasteiger partial charge in [0.1, 0.15) is 0 Å². The molecule has 0 bridgehead atoms. The van der Waals surface area contributed by atoms with E-state index in [-0.39, 0.29) is 17.7 Å². The first-order valence-corrected chi connectivity index (χ1v) is 23.6. The smallest absolute Gasteiger partial charge is 0.333 e. The Morgan fingerprint density at radius 3 is 1.87 bits per heavy atom. The molecule has 9 aromatic rings. The molecule has 1 aliphatic carbocycles. The Kier molecular flexibility index (Phi) is 8.59. The highest BCUT2D eigenvalue weighted by Crippen LogP contribution is 2.55. The molecule has 2 nitrogen and oxygen atoms in total. The summed E-state index contributed by atoms with van der Waals surface area (Å²) in [5.74, 6) is 0. The summed E-state index contributed by atoms with van der Waals surface area (Å²) in [5.41, 5.74) is 22.7. The number of benzene rings is 8. The average Bonchev–Trinajstić information content (AvgIpc) is 3.64. The summed E-state index contributed by atoms with van der Waals surface area (Å²) >= 11 is 0. The van der Waals surface area contributed by atoms with Crippen molar-refractivity contribution in [3.8, 4) is 27.9 Å². The molecule has 0 atom stereocenters. The maximum absolute atomic E-state index is 2.75. The van der Waals surface area contributed by atoms with Gasteiger partial charge < -0.3 is 9.38 Å². The molecule has 0 unspecified atom stereocenters.